The Bertz CT molecular complexity index is 561. The largest absolute Gasteiger partial charge is 0.369 e. The predicted molar refractivity (Wildman–Crippen MR) is 72.2 cm³/mol. The van der Waals surface area contributed by atoms with Gasteiger partial charge in [0.2, 0.25) is 5.95 Å². The number of nitrogens with zero attached hydrogens (tertiary/aromatic N) is 4. The molecule has 0 amide bonds. The van der Waals surface area contributed by atoms with Gasteiger partial charge in [0.05, 0.1) is 5.69 Å². The third-order valence-corrected chi connectivity index (χ3v) is 4.14. The van der Waals surface area contributed by atoms with Crippen molar-refractivity contribution in [1.29, 1.82) is 0 Å². The number of nitrogen functional groups attached to an aromatic ring is 1. The molecule has 2 aromatic rings. The summed E-state index contributed by atoms with van der Waals surface area (Å²) in [5.41, 5.74) is 9.14. The van der Waals surface area contributed by atoms with Crippen LogP contribution in [0.4, 0.5) is 5.95 Å². The molecule has 2 N–H and O–H groups in total. The van der Waals surface area contributed by atoms with E-state index in [1.807, 2.05) is 11.7 Å². The topological polar surface area (TPSA) is 61.7 Å². The quantitative estimate of drug-likeness (QED) is 0.900. The van der Waals surface area contributed by atoms with Crippen molar-refractivity contribution in [3.63, 3.8) is 0 Å². The number of aromatic nitrogens is 4. The van der Waals surface area contributed by atoms with Crippen molar-refractivity contribution in [3.05, 3.63) is 5.69 Å². The van der Waals surface area contributed by atoms with Crippen molar-refractivity contribution >= 4 is 17.1 Å². The van der Waals surface area contributed by atoms with Crippen LogP contribution < -0.4 is 5.73 Å². The number of hydrogen-bond acceptors (Lipinski definition) is 3. The number of aryl methyl sites for hydroxylation is 3. The lowest BCUT2D eigenvalue weighted by Crippen LogP contribution is -2.15. The average molecular weight is 247 g/mol. The van der Waals surface area contributed by atoms with Gasteiger partial charge < -0.3 is 5.73 Å². The Morgan fingerprint density at radius 2 is 2.17 bits per heavy atom. The second kappa shape index (κ2) is 4.30. The minimum atomic E-state index is 0.632. The van der Waals surface area contributed by atoms with Crippen LogP contribution in [0.3, 0.4) is 0 Å². The summed E-state index contributed by atoms with van der Waals surface area (Å²) in [7, 11) is 1.97. The fourth-order valence-corrected chi connectivity index (χ4v) is 2.81. The van der Waals surface area contributed by atoms with Gasteiger partial charge in [-0.05, 0) is 18.8 Å². The van der Waals surface area contributed by atoms with Crippen molar-refractivity contribution < 1.29 is 0 Å². The molecule has 1 fully saturated rings. The van der Waals surface area contributed by atoms with E-state index < -0.39 is 0 Å². The third-order valence-electron chi connectivity index (χ3n) is 4.14. The third kappa shape index (κ3) is 1.69. The van der Waals surface area contributed by atoms with Gasteiger partial charge in [0, 0.05) is 13.6 Å². The highest BCUT2D eigenvalue weighted by Crippen LogP contribution is 2.31. The zero-order chi connectivity index (χ0) is 12.7. The summed E-state index contributed by atoms with van der Waals surface area (Å²) < 4.78 is 4.04. The number of nitrogens with two attached hydrogens (primary N) is 1. The molecule has 0 atom stereocenters. The molecule has 0 spiro atoms. The molecule has 1 saturated carbocycles. The van der Waals surface area contributed by atoms with Crippen molar-refractivity contribution in [1.82, 2.24) is 19.3 Å². The molecule has 5 nitrogen and oxygen atoms in total. The Balaban J connectivity index is 1.93. The van der Waals surface area contributed by atoms with Crippen LogP contribution in [0.5, 0.6) is 0 Å². The van der Waals surface area contributed by atoms with Gasteiger partial charge in [-0.1, -0.05) is 26.2 Å². The smallest absolute Gasteiger partial charge is 0.202 e. The van der Waals surface area contributed by atoms with E-state index in [-0.39, 0.29) is 0 Å². The zero-order valence-electron chi connectivity index (χ0n) is 11.2. The van der Waals surface area contributed by atoms with Gasteiger partial charge >= 0.3 is 0 Å². The van der Waals surface area contributed by atoms with Crippen LogP contribution in [0.1, 0.15) is 38.3 Å². The Morgan fingerprint density at radius 1 is 1.39 bits per heavy atom. The number of imidazole rings is 1. The summed E-state index contributed by atoms with van der Waals surface area (Å²) in [6, 6.07) is 0. The first-order valence-electron chi connectivity index (χ1n) is 6.88. The van der Waals surface area contributed by atoms with Crippen LogP contribution >= 0.6 is 0 Å². The molecule has 1 aliphatic carbocycles. The van der Waals surface area contributed by atoms with Crippen LogP contribution in [0.2, 0.25) is 0 Å². The number of hydrogen-bond donors (Lipinski definition) is 1. The normalized spacial score (nSPS) is 16.3. The number of fused-ring (bicyclic) bond motifs is 1. The van der Waals surface area contributed by atoms with Crippen LogP contribution in [0.15, 0.2) is 0 Å². The van der Waals surface area contributed by atoms with E-state index in [2.05, 4.69) is 21.6 Å². The first-order chi connectivity index (χ1) is 8.70. The van der Waals surface area contributed by atoms with Gasteiger partial charge in [-0.15, -0.1) is 0 Å². The molecule has 0 radical (unpaired) electrons. The van der Waals surface area contributed by atoms with E-state index in [1.54, 1.807) is 0 Å². The maximum absolute atomic E-state index is 6.05. The molecule has 3 rings (SSSR count). The Kier molecular flexibility index (Phi) is 2.76. The second-order valence-corrected chi connectivity index (χ2v) is 5.30. The SMILES string of the molecule is CCc1nn(C)c2c1nc(N)n2CCC1CCC1. The lowest BCUT2D eigenvalue weighted by atomic mass is 9.83. The summed E-state index contributed by atoms with van der Waals surface area (Å²) in [5, 5.41) is 4.51. The molecule has 0 aromatic carbocycles. The average Bonchev–Trinajstić information content (AvgIpc) is 2.76. The summed E-state index contributed by atoms with van der Waals surface area (Å²) >= 11 is 0. The Morgan fingerprint density at radius 3 is 2.78 bits per heavy atom. The maximum Gasteiger partial charge on any atom is 0.202 e. The van der Waals surface area contributed by atoms with Crippen LogP contribution in [-0.2, 0) is 20.0 Å². The number of rotatable bonds is 4. The molecular formula is C13H21N5. The molecule has 1 aliphatic rings. The lowest BCUT2D eigenvalue weighted by Gasteiger charge is -2.25. The van der Waals surface area contributed by atoms with E-state index >= 15 is 0 Å². The Labute approximate surface area is 107 Å². The molecular weight excluding hydrogens is 226 g/mol. The van der Waals surface area contributed by atoms with E-state index in [1.165, 1.54) is 25.7 Å². The number of anilines is 1. The van der Waals surface area contributed by atoms with Crippen molar-refractivity contribution in [2.45, 2.75) is 45.6 Å². The highest BCUT2D eigenvalue weighted by Gasteiger charge is 2.20. The van der Waals surface area contributed by atoms with Crippen LogP contribution in [-0.4, -0.2) is 19.3 Å². The van der Waals surface area contributed by atoms with Gasteiger partial charge in [-0.25, -0.2) is 4.98 Å². The van der Waals surface area contributed by atoms with E-state index in [0.29, 0.717) is 5.95 Å². The molecule has 98 valence electrons. The summed E-state index contributed by atoms with van der Waals surface area (Å²) in [4.78, 5) is 4.48. The standard InChI is InChI=1S/C13H21N5/c1-3-10-11-12(17(2)16-10)18(13(14)15-11)8-7-9-5-4-6-9/h9H,3-8H2,1-2H3,(H2,14,15). The molecule has 0 aliphatic heterocycles. The fourth-order valence-electron chi connectivity index (χ4n) is 2.81. The molecule has 0 bridgehead atoms. The molecule has 0 unspecified atom stereocenters. The molecule has 18 heavy (non-hydrogen) atoms. The van der Waals surface area contributed by atoms with Gasteiger partial charge in [-0.3, -0.25) is 9.25 Å². The van der Waals surface area contributed by atoms with Crippen molar-refractivity contribution in [2.75, 3.05) is 5.73 Å². The van der Waals surface area contributed by atoms with Gasteiger partial charge in [0.25, 0.3) is 0 Å². The molecule has 2 heterocycles. The summed E-state index contributed by atoms with van der Waals surface area (Å²) in [5.74, 6) is 1.52. The minimum absolute atomic E-state index is 0.632. The highest BCUT2D eigenvalue weighted by atomic mass is 15.3. The first kappa shape index (κ1) is 11.6. The fraction of sp³-hybridized carbons (Fsp3) is 0.692. The Hall–Kier alpha value is -1.52. The van der Waals surface area contributed by atoms with E-state index in [9.17, 15) is 0 Å². The lowest BCUT2D eigenvalue weighted by molar-refractivity contribution is 0.283. The van der Waals surface area contributed by atoms with Crippen molar-refractivity contribution in [3.8, 4) is 0 Å². The summed E-state index contributed by atoms with van der Waals surface area (Å²) in [6.45, 7) is 3.07. The van der Waals surface area contributed by atoms with E-state index in [0.717, 1.165) is 35.7 Å². The van der Waals surface area contributed by atoms with Crippen LogP contribution in [0.25, 0.3) is 11.2 Å². The predicted octanol–water partition coefficient (Wildman–Crippen LogP) is 2.10. The van der Waals surface area contributed by atoms with Gasteiger partial charge in [0.15, 0.2) is 5.65 Å². The second-order valence-electron chi connectivity index (χ2n) is 5.30. The van der Waals surface area contributed by atoms with Crippen LogP contribution in [0, 0.1) is 5.92 Å². The van der Waals surface area contributed by atoms with E-state index in [4.69, 9.17) is 5.73 Å². The van der Waals surface area contributed by atoms with Gasteiger partial charge in [-0.2, -0.15) is 5.10 Å². The minimum Gasteiger partial charge on any atom is -0.369 e. The first-order valence-corrected chi connectivity index (χ1v) is 6.88. The van der Waals surface area contributed by atoms with Crippen molar-refractivity contribution in [2.24, 2.45) is 13.0 Å². The maximum atomic E-state index is 6.05. The summed E-state index contributed by atoms with van der Waals surface area (Å²) in [6.07, 6.45) is 6.26. The molecule has 2 aromatic heterocycles. The molecule has 5 heteroatoms. The zero-order valence-corrected chi connectivity index (χ0v) is 11.2. The highest BCUT2D eigenvalue weighted by molar-refractivity contribution is 5.77. The van der Waals surface area contributed by atoms with Gasteiger partial charge in [0.1, 0.15) is 5.52 Å². The molecule has 0 saturated heterocycles. The monoisotopic (exact) mass is 247 g/mol.